The third kappa shape index (κ3) is 12.2. The number of esters is 1. The summed E-state index contributed by atoms with van der Waals surface area (Å²) < 4.78 is 21.8. The number of methoxy groups -OCH3 is 1. The Morgan fingerprint density at radius 3 is 2.03 bits per heavy atom. The van der Waals surface area contributed by atoms with E-state index >= 15 is 0 Å². The van der Waals surface area contributed by atoms with E-state index < -0.39 is 66.3 Å². The molecular formula is C23H42Ac2O11S. The first-order valence-corrected chi connectivity index (χ1v) is 13.3. The van der Waals surface area contributed by atoms with Crippen LogP contribution in [0.4, 0.5) is 0 Å². The van der Waals surface area contributed by atoms with E-state index in [-0.39, 0.29) is 94.1 Å². The monoisotopic (exact) mass is 980 g/mol. The summed E-state index contributed by atoms with van der Waals surface area (Å²) in [4.78, 5) is 11.1. The first-order chi connectivity index (χ1) is 16.7. The Morgan fingerprint density at radius 2 is 1.43 bits per heavy atom. The van der Waals surface area contributed by atoms with E-state index in [2.05, 4.69) is 4.74 Å². The van der Waals surface area contributed by atoms with Crippen LogP contribution in [0, 0.1) is 88.1 Å². The second-order valence-electron chi connectivity index (χ2n) is 9.05. The molecule has 212 valence electrons. The maximum atomic E-state index is 11.1. The quantitative estimate of drug-likeness (QED) is 0.0991. The summed E-state index contributed by atoms with van der Waals surface area (Å²) in [6, 6.07) is 0. The number of aliphatic hydroxyl groups is 6. The number of aliphatic hydroxyl groups excluding tert-OH is 6. The fourth-order valence-corrected chi connectivity index (χ4v) is 5.85. The molecule has 0 aromatic heterocycles. The SMILES string of the molecule is CCC1O[C@@H](OCCCCCCCCC(=O)OC)C(O)C(O)[C@H]1SC1OC(CO)[C@@H](O)C(O)C1O.[Ac].[Ac]. The minimum Gasteiger partial charge on any atom is -0.469 e. The van der Waals surface area contributed by atoms with Crippen molar-refractivity contribution in [2.75, 3.05) is 20.3 Å². The Hall–Kier alpha value is 2.34. The first-order valence-electron chi connectivity index (χ1n) is 12.4. The van der Waals surface area contributed by atoms with Crippen LogP contribution in [0.2, 0.25) is 0 Å². The van der Waals surface area contributed by atoms with Crippen LogP contribution in [0.25, 0.3) is 0 Å². The molecule has 2 fully saturated rings. The smallest absolute Gasteiger partial charge is 0.305 e. The average Bonchev–Trinajstić information content (AvgIpc) is 2.86. The van der Waals surface area contributed by atoms with Crippen molar-refractivity contribution in [3.63, 3.8) is 0 Å². The molecule has 2 radical (unpaired) electrons. The summed E-state index contributed by atoms with van der Waals surface area (Å²) in [6.45, 7) is 1.67. The zero-order valence-corrected chi connectivity index (χ0v) is 31.9. The second-order valence-corrected chi connectivity index (χ2v) is 10.3. The maximum Gasteiger partial charge on any atom is 0.305 e. The Kier molecular flexibility index (Phi) is 22.4. The Labute approximate surface area is 294 Å². The van der Waals surface area contributed by atoms with Crippen molar-refractivity contribution in [2.24, 2.45) is 0 Å². The van der Waals surface area contributed by atoms with Crippen LogP contribution < -0.4 is 0 Å². The van der Waals surface area contributed by atoms with Crippen LogP contribution in [-0.4, -0.2) is 117 Å². The number of rotatable bonds is 14. The van der Waals surface area contributed by atoms with Crippen molar-refractivity contribution in [3.05, 3.63) is 0 Å². The van der Waals surface area contributed by atoms with Gasteiger partial charge in [-0.05, 0) is 19.3 Å². The van der Waals surface area contributed by atoms with Crippen LogP contribution in [0.5, 0.6) is 0 Å². The van der Waals surface area contributed by atoms with Crippen LogP contribution in [-0.2, 0) is 23.7 Å². The number of ether oxygens (including phenoxy) is 4. The molecule has 0 spiro atoms. The molecule has 2 heterocycles. The van der Waals surface area contributed by atoms with Crippen molar-refractivity contribution in [2.45, 2.75) is 118 Å². The zero-order chi connectivity index (χ0) is 26.0. The number of hydrogen-bond donors (Lipinski definition) is 6. The zero-order valence-electron chi connectivity index (χ0n) is 21.6. The Bertz CT molecular complexity index is 619. The van der Waals surface area contributed by atoms with Gasteiger partial charge in [0, 0.05) is 101 Å². The minimum absolute atomic E-state index is 0. The largest absolute Gasteiger partial charge is 0.469 e. The normalized spacial score (nSPS) is 35.8. The number of unbranched alkanes of at least 4 members (excludes halogenated alkanes) is 5. The van der Waals surface area contributed by atoms with Gasteiger partial charge in [0.2, 0.25) is 0 Å². The summed E-state index contributed by atoms with van der Waals surface area (Å²) >= 11 is 0.992. The summed E-state index contributed by atoms with van der Waals surface area (Å²) in [6.07, 6.45) is -3.19. The van der Waals surface area contributed by atoms with Gasteiger partial charge in [0.15, 0.2) is 6.29 Å². The fraction of sp³-hybridized carbons (Fsp3) is 0.957. The third-order valence-electron chi connectivity index (χ3n) is 6.47. The predicted octanol–water partition coefficient (Wildman–Crippen LogP) is -0.335. The maximum absolute atomic E-state index is 11.1. The van der Waals surface area contributed by atoms with Gasteiger partial charge in [-0.2, -0.15) is 0 Å². The summed E-state index contributed by atoms with van der Waals surface area (Å²) in [7, 11) is 1.39. The van der Waals surface area contributed by atoms with E-state index in [9.17, 15) is 35.4 Å². The molecule has 0 aromatic carbocycles. The molecule has 0 aliphatic carbocycles. The van der Waals surface area contributed by atoms with Crippen LogP contribution in [0.15, 0.2) is 0 Å². The second kappa shape index (κ2) is 21.1. The standard InChI is InChI=1S/C23H42O11S.2Ac/c1-3-13-21(35-23-20(30)17(27)16(26)14(12-24)34-23)18(28)19(29)22(33-13)32-11-9-7-5-4-6-8-10-15(25)31-2;;/h13-14,16-24,26-30H,3-12H2,1-2H3;;/t13?,14?,16-,17?,18?,19?,20?,21+,22-,23?;;/m1../s1. The van der Waals surface area contributed by atoms with Gasteiger partial charge in [-0.1, -0.05) is 32.6 Å². The Balaban J connectivity index is 0.00000648. The molecular weight excluding hydrogens is 938 g/mol. The van der Waals surface area contributed by atoms with E-state index in [1.54, 1.807) is 0 Å². The van der Waals surface area contributed by atoms with Gasteiger partial charge in [0.1, 0.15) is 36.0 Å². The summed E-state index contributed by atoms with van der Waals surface area (Å²) in [5.41, 5.74) is -1.04. The molecule has 10 atom stereocenters. The van der Waals surface area contributed by atoms with Gasteiger partial charge in [-0.25, -0.2) is 0 Å². The van der Waals surface area contributed by atoms with Crippen molar-refractivity contribution in [1.82, 2.24) is 0 Å². The molecule has 11 nitrogen and oxygen atoms in total. The predicted molar refractivity (Wildman–Crippen MR) is 126 cm³/mol. The van der Waals surface area contributed by atoms with Gasteiger partial charge in [-0.3, -0.25) is 4.79 Å². The minimum atomic E-state index is -1.52. The number of thioether (sulfide) groups is 1. The van der Waals surface area contributed by atoms with E-state index in [1.165, 1.54) is 7.11 Å². The molecule has 2 rings (SSSR count). The molecule has 2 aliphatic heterocycles. The van der Waals surface area contributed by atoms with Crippen molar-refractivity contribution in [3.8, 4) is 0 Å². The third-order valence-corrected chi connectivity index (χ3v) is 8.02. The molecule has 37 heavy (non-hydrogen) atoms. The number of carbonyl (C=O) groups excluding carboxylic acids is 1. The van der Waals surface area contributed by atoms with E-state index in [0.717, 1.165) is 50.3 Å². The summed E-state index contributed by atoms with van der Waals surface area (Å²) in [5, 5.41) is 60.4. The molecule has 0 aromatic rings. The molecule has 0 amide bonds. The number of hydrogen-bond acceptors (Lipinski definition) is 12. The van der Waals surface area contributed by atoms with Crippen molar-refractivity contribution in [1.29, 1.82) is 0 Å². The molecule has 0 saturated carbocycles. The van der Waals surface area contributed by atoms with E-state index in [1.807, 2.05) is 6.92 Å². The number of carbonyl (C=O) groups is 1. The molecule has 6 N–H and O–H groups in total. The topological polar surface area (TPSA) is 175 Å². The molecule has 0 bridgehead atoms. The van der Waals surface area contributed by atoms with Crippen molar-refractivity contribution < 1.29 is 143 Å². The van der Waals surface area contributed by atoms with E-state index in [4.69, 9.17) is 14.2 Å². The van der Waals surface area contributed by atoms with Crippen LogP contribution in [0.1, 0.15) is 58.3 Å². The fourth-order valence-electron chi connectivity index (χ4n) is 4.25. The van der Waals surface area contributed by atoms with E-state index in [0.29, 0.717) is 19.4 Å². The summed E-state index contributed by atoms with van der Waals surface area (Å²) in [5.74, 6) is -0.189. The van der Waals surface area contributed by atoms with Gasteiger partial charge < -0.3 is 49.6 Å². The van der Waals surface area contributed by atoms with Crippen molar-refractivity contribution >= 4 is 17.7 Å². The Morgan fingerprint density at radius 1 is 0.811 bits per heavy atom. The van der Waals surface area contributed by atoms with Gasteiger partial charge in [0.25, 0.3) is 0 Å². The molecule has 14 heteroatoms. The van der Waals surface area contributed by atoms with Crippen LogP contribution >= 0.6 is 11.8 Å². The first kappa shape index (κ1) is 39.3. The average molecular weight is 981 g/mol. The van der Waals surface area contributed by atoms with Gasteiger partial charge >= 0.3 is 5.97 Å². The molecule has 2 saturated heterocycles. The van der Waals surface area contributed by atoms with Gasteiger partial charge in [-0.15, -0.1) is 11.8 Å². The van der Waals surface area contributed by atoms with Gasteiger partial charge in [0.05, 0.1) is 31.2 Å². The molecule has 7 unspecified atom stereocenters. The molecule has 2 aliphatic rings. The van der Waals surface area contributed by atoms with Crippen LogP contribution in [0.3, 0.4) is 0 Å².